The van der Waals surface area contributed by atoms with Gasteiger partial charge in [-0.2, -0.15) is 0 Å². The largest absolute Gasteiger partial charge is 0.492 e. The van der Waals surface area contributed by atoms with Crippen molar-refractivity contribution in [3.05, 3.63) is 23.7 Å². The van der Waals surface area contributed by atoms with Gasteiger partial charge in [-0.15, -0.1) is 0 Å². The number of rotatable bonds is 2. The lowest BCUT2D eigenvalue weighted by atomic mass is 10.4. The molecule has 0 atom stereocenters. The van der Waals surface area contributed by atoms with Gasteiger partial charge in [-0.1, -0.05) is 0 Å². The summed E-state index contributed by atoms with van der Waals surface area (Å²) in [6, 6.07) is 1.58. The molecule has 12 heavy (non-hydrogen) atoms. The summed E-state index contributed by atoms with van der Waals surface area (Å²) in [6.45, 7) is 6.73. The first-order valence-corrected chi connectivity index (χ1v) is 3.27. The van der Waals surface area contributed by atoms with Gasteiger partial charge in [-0.05, 0) is 6.07 Å². The van der Waals surface area contributed by atoms with Crippen molar-refractivity contribution in [2.45, 2.75) is 0 Å². The first-order chi connectivity index (χ1) is 5.81. The topological polar surface area (TPSA) is 35.7 Å². The fraction of sp³-hybridized carbons (Fsp3) is 0.250. The Kier molecular flexibility index (Phi) is 2.49. The van der Waals surface area contributed by atoms with Crippen LogP contribution in [0.5, 0.6) is 11.6 Å². The van der Waals surface area contributed by atoms with Crippen molar-refractivity contribution in [2.24, 2.45) is 0 Å². The van der Waals surface area contributed by atoms with E-state index in [-0.39, 0.29) is 0 Å². The lowest BCUT2D eigenvalue weighted by Crippen LogP contribution is -1.91. The molecule has 0 fully saturated rings. The normalized spacial score (nSPS) is 8.75. The highest BCUT2D eigenvalue weighted by Gasteiger charge is 2.04. The van der Waals surface area contributed by atoms with Crippen LogP contribution in [-0.2, 0) is 0 Å². The molecule has 0 aliphatic rings. The Bertz CT molecular complexity index is 317. The second kappa shape index (κ2) is 3.58. The maximum absolute atomic E-state index is 6.73. The van der Waals surface area contributed by atoms with Crippen LogP contribution in [0.3, 0.4) is 0 Å². The van der Waals surface area contributed by atoms with Gasteiger partial charge >= 0.3 is 0 Å². The molecule has 4 heteroatoms. The van der Waals surface area contributed by atoms with Gasteiger partial charge in [0.1, 0.15) is 0 Å². The van der Waals surface area contributed by atoms with Crippen LogP contribution in [0.25, 0.3) is 4.85 Å². The fourth-order valence-corrected chi connectivity index (χ4v) is 0.782. The Morgan fingerprint density at radius 3 is 2.67 bits per heavy atom. The summed E-state index contributed by atoms with van der Waals surface area (Å²) in [5.74, 6) is 0.871. The number of hydrogen-bond acceptors (Lipinski definition) is 3. The minimum absolute atomic E-state index is 0.393. The van der Waals surface area contributed by atoms with Gasteiger partial charge in [-0.3, -0.25) is 0 Å². The zero-order chi connectivity index (χ0) is 8.97. The fourth-order valence-electron chi connectivity index (χ4n) is 0.782. The van der Waals surface area contributed by atoms with Crippen LogP contribution in [0.2, 0.25) is 0 Å². The van der Waals surface area contributed by atoms with Gasteiger partial charge in [0.05, 0.1) is 20.8 Å². The summed E-state index contributed by atoms with van der Waals surface area (Å²) in [5.41, 5.74) is 0.438. The molecule has 0 N–H and O–H groups in total. The lowest BCUT2D eigenvalue weighted by Gasteiger charge is -2.04. The Labute approximate surface area is 70.6 Å². The number of ether oxygens (including phenoxy) is 2. The van der Waals surface area contributed by atoms with Gasteiger partial charge in [0.15, 0.2) is 5.75 Å². The third kappa shape index (κ3) is 1.45. The molecule has 0 saturated heterocycles. The van der Waals surface area contributed by atoms with E-state index in [0.717, 1.165) is 0 Å². The first kappa shape index (κ1) is 8.34. The molecule has 0 aliphatic heterocycles. The van der Waals surface area contributed by atoms with Crippen molar-refractivity contribution in [1.29, 1.82) is 0 Å². The third-order valence-electron chi connectivity index (χ3n) is 1.35. The van der Waals surface area contributed by atoms with Crippen LogP contribution >= 0.6 is 0 Å². The predicted octanol–water partition coefficient (Wildman–Crippen LogP) is 1.65. The second-order valence-corrected chi connectivity index (χ2v) is 2.02. The zero-order valence-electron chi connectivity index (χ0n) is 6.87. The monoisotopic (exact) mass is 164 g/mol. The van der Waals surface area contributed by atoms with Crippen molar-refractivity contribution in [3.8, 4) is 11.6 Å². The molecular weight excluding hydrogens is 156 g/mol. The number of methoxy groups -OCH3 is 2. The van der Waals surface area contributed by atoms with E-state index in [1.807, 2.05) is 0 Å². The van der Waals surface area contributed by atoms with E-state index >= 15 is 0 Å². The van der Waals surface area contributed by atoms with E-state index in [9.17, 15) is 0 Å². The Hall–Kier alpha value is -1.76. The predicted molar refractivity (Wildman–Crippen MR) is 43.6 cm³/mol. The summed E-state index contributed by atoms with van der Waals surface area (Å²) in [4.78, 5) is 7.08. The summed E-state index contributed by atoms with van der Waals surface area (Å²) < 4.78 is 9.84. The molecule has 62 valence electrons. The van der Waals surface area contributed by atoms with E-state index in [2.05, 4.69) is 9.83 Å². The maximum Gasteiger partial charge on any atom is 0.254 e. The Balaban J connectivity index is 3.13. The van der Waals surface area contributed by atoms with Crippen LogP contribution in [0.4, 0.5) is 5.69 Å². The molecular formula is C8H8N2O2. The average molecular weight is 164 g/mol. The van der Waals surface area contributed by atoms with Gasteiger partial charge in [0, 0.05) is 6.20 Å². The highest BCUT2D eigenvalue weighted by atomic mass is 16.5. The molecule has 0 bridgehead atoms. The zero-order valence-corrected chi connectivity index (χ0v) is 6.87. The highest BCUT2D eigenvalue weighted by Crippen LogP contribution is 2.27. The van der Waals surface area contributed by atoms with Gasteiger partial charge < -0.3 is 9.47 Å². The highest BCUT2D eigenvalue weighted by molar-refractivity contribution is 5.50. The molecule has 1 aromatic rings. The summed E-state index contributed by atoms with van der Waals surface area (Å²) in [7, 11) is 3.01. The summed E-state index contributed by atoms with van der Waals surface area (Å²) in [6.07, 6.45) is 1.44. The molecule has 0 amide bonds. The van der Waals surface area contributed by atoms with Crippen molar-refractivity contribution >= 4 is 5.69 Å². The summed E-state index contributed by atoms with van der Waals surface area (Å²) in [5, 5.41) is 0. The smallest absolute Gasteiger partial charge is 0.254 e. The minimum atomic E-state index is 0.393. The number of nitrogens with zero attached hydrogens (tertiary/aromatic N) is 2. The molecule has 4 nitrogen and oxygen atoms in total. The summed E-state index contributed by atoms with van der Waals surface area (Å²) >= 11 is 0. The molecule has 1 aromatic heterocycles. The first-order valence-electron chi connectivity index (χ1n) is 3.27. The Morgan fingerprint density at radius 2 is 2.17 bits per heavy atom. The maximum atomic E-state index is 6.73. The second-order valence-electron chi connectivity index (χ2n) is 2.02. The van der Waals surface area contributed by atoms with E-state index in [1.54, 1.807) is 6.07 Å². The Morgan fingerprint density at radius 1 is 1.42 bits per heavy atom. The van der Waals surface area contributed by atoms with E-state index < -0.39 is 0 Å². The molecule has 0 aromatic carbocycles. The van der Waals surface area contributed by atoms with E-state index in [1.165, 1.54) is 20.4 Å². The number of pyridine rings is 1. The quantitative estimate of drug-likeness (QED) is 0.623. The van der Waals surface area contributed by atoms with Crippen molar-refractivity contribution in [3.63, 3.8) is 0 Å². The standard InChI is InChI=1S/C8H8N2O2/c1-9-6-4-7(11-2)8(12-3)10-5-6/h4-5H,2-3H3. The average Bonchev–Trinajstić information content (AvgIpc) is 2.16. The van der Waals surface area contributed by atoms with Crippen LogP contribution in [0.1, 0.15) is 0 Å². The SMILES string of the molecule is [C-]#[N+]c1cnc(OC)c(OC)c1. The molecule has 0 unspecified atom stereocenters. The molecule has 0 radical (unpaired) electrons. The van der Waals surface area contributed by atoms with Crippen LogP contribution in [-0.4, -0.2) is 19.2 Å². The van der Waals surface area contributed by atoms with Gasteiger partial charge in [0.25, 0.3) is 5.88 Å². The molecule has 1 rings (SSSR count). The van der Waals surface area contributed by atoms with Crippen LogP contribution in [0, 0.1) is 6.57 Å². The molecule has 0 saturated carbocycles. The molecule has 1 heterocycles. The number of aromatic nitrogens is 1. The van der Waals surface area contributed by atoms with Crippen molar-refractivity contribution < 1.29 is 9.47 Å². The van der Waals surface area contributed by atoms with E-state index in [4.69, 9.17) is 16.0 Å². The van der Waals surface area contributed by atoms with Gasteiger partial charge in [0.2, 0.25) is 5.69 Å². The van der Waals surface area contributed by atoms with Crippen molar-refractivity contribution in [2.75, 3.05) is 14.2 Å². The lowest BCUT2D eigenvalue weighted by molar-refractivity contribution is 0.343. The molecule has 0 aliphatic carbocycles. The van der Waals surface area contributed by atoms with E-state index in [0.29, 0.717) is 17.3 Å². The number of hydrogen-bond donors (Lipinski definition) is 0. The minimum Gasteiger partial charge on any atom is -0.492 e. The van der Waals surface area contributed by atoms with Gasteiger partial charge in [-0.25, -0.2) is 9.83 Å². The van der Waals surface area contributed by atoms with Crippen LogP contribution in [0.15, 0.2) is 12.3 Å². The van der Waals surface area contributed by atoms with Crippen molar-refractivity contribution in [1.82, 2.24) is 4.98 Å². The van der Waals surface area contributed by atoms with Crippen LogP contribution < -0.4 is 9.47 Å². The molecule has 0 spiro atoms. The third-order valence-corrected chi connectivity index (χ3v) is 1.35.